The Kier molecular flexibility index (Phi) is 4.95. The summed E-state index contributed by atoms with van der Waals surface area (Å²) in [4.78, 5) is 2.32. The standard InChI is InChI=1S/C14H13Cl2NS/c1-17-9-10-4-2-3-5-14(10)18-11-6-7-12(15)13(16)8-11/h2-8,17H,9H2,1H3. The summed E-state index contributed by atoms with van der Waals surface area (Å²) in [7, 11) is 1.95. The summed E-state index contributed by atoms with van der Waals surface area (Å²) >= 11 is 13.6. The molecule has 1 nitrogen and oxygen atoms in total. The van der Waals surface area contributed by atoms with Crippen LogP contribution in [0.4, 0.5) is 0 Å². The van der Waals surface area contributed by atoms with Gasteiger partial charge in [0, 0.05) is 16.3 Å². The Hall–Kier alpha value is -0.670. The van der Waals surface area contributed by atoms with Crippen molar-refractivity contribution in [2.45, 2.75) is 16.3 Å². The van der Waals surface area contributed by atoms with Crippen molar-refractivity contribution in [2.24, 2.45) is 0 Å². The van der Waals surface area contributed by atoms with Crippen LogP contribution in [0.3, 0.4) is 0 Å². The smallest absolute Gasteiger partial charge is 0.0603 e. The van der Waals surface area contributed by atoms with Crippen molar-refractivity contribution in [2.75, 3.05) is 7.05 Å². The van der Waals surface area contributed by atoms with Crippen molar-refractivity contribution < 1.29 is 0 Å². The van der Waals surface area contributed by atoms with E-state index >= 15 is 0 Å². The first-order chi connectivity index (χ1) is 8.70. The molecule has 0 fully saturated rings. The first kappa shape index (κ1) is 13.8. The van der Waals surface area contributed by atoms with Gasteiger partial charge >= 0.3 is 0 Å². The van der Waals surface area contributed by atoms with Crippen LogP contribution in [-0.2, 0) is 6.54 Å². The van der Waals surface area contributed by atoms with Crippen LogP contribution >= 0.6 is 35.0 Å². The van der Waals surface area contributed by atoms with Crippen LogP contribution < -0.4 is 5.32 Å². The average Bonchev–Trinajstić information content (AvgIpc) is 2.37. The molecular formula is C14H13Cl2NS. The minimum atomic E-state index is 0.588. The first-order valence-corrected chi connectivity index (χ1v) is 7.13. The lowest BCUT2D eigenvalue weighted by atomic mass is 10.2. The molecular weight excluding hydrogens is 285 g/mol. The van der Waals surface area contributed by atoms with Gasteiger partial charge in [-0.3, -0.25) is 0 Å². The fourth-order valence-electron chi connectivity index (χ4n) is 1.61. The predicted molar refractivity (Wildman–Crippen MR) is 79.8 cm³/mol. The molecule has 0 heterocycles. The molecule has 0 aromatic heterocycles. The second-order valence-electron chi connectivity index (χ2n) is 3.82. The van der Waals surface area contributed by atoms with Gasteiger partial charge in [0.05, 0.1) is 10.0 Å². The highest BCUT2D eigenvalue weighted by Gasteiger charge is 2.05. The highest BCUT2D eigenvalue weighted by atomic mass is 35.5. The summed E-state index contributed by atoms with van der Waals surface area (Å²) in [5, 5.41) is 4.35. The summed E-state index contributed by atoms with van der Waals surface area (Å²) < 4.78 is 0. The van der Waals surface area contributed by atoms with Crippen LogP contribution in [0.2, 0.25) is 10.0 Å². The van der Waals surface area contributed by atoms with Crippen LogP contribution in [0.5, 0.6) is 0 Å². The van der Waals surface area contributed by atoms with Crippen LogP contribution in [0.15, 0.2) is 52.3 Å². The van der Waals surface area contributed by atoms with Gasteiger partial charge in [-0.15, -0.1) is 0 Å². The van der Waals surface area contributed by atoms with Crippen molar-refractivity contribution >= 4 is 35.0 Å². The molecule has 0 unspecified atom stereocenters. The van der Waals surface area contributed by atoms with Gasteiger partial charge in [0.25, 0.3) is 0 Å². The van der Waals surface area contributed by atoms with E-state index in [1.165, 1.54) is 10.5 Å². The molecule has 0 saturated carbocycles. The molecule has 2 rings (SSSR count). The number of nitrogens with one attached hydrogen (secondary N) is 1. The van der Waals surface area contributed by atoms with Gasteiger partial charge < -0.3 is 5.32 Å². The predicted octanol–water partition coefficient (Wildman–Crippen LogP) is 4.86. The van der Waals surface area contributed by atoms with E-state index in [2.05, 4.69) is 17.4 Å². The Morgan fingerprint density at radius 2 is 1.83 bits per heavy atom. The van der Waals surface area contributed by atoms with Gasteiger partial charge in [-0.1, -0.05) is 53.2 Å². The molecule has 0 spiro atoms. The molecule has 0 aliphatic heterocycles. The molecule has 0 bridgehead atoms. The highest BCUT2D eigenvalue weighted by molar-refractivity contribution is 7.99. The van der Waals surface area contributed by atoms with Gasteiger partial charge in [0.1, 0.15) is 0 Å². The molecule has 18 heavy (non-hydrogen) atoms. The lowest BCUT2D eigenvalue weighted by molar-refractivity contribution is 0.803. The zero-order valence-corrected chi connectivity index (χ0v) is 12.2. The van der Waals surface area contributed by atoms with Crippen molar-refractivity contribution in [3.05, 3.63) is 58.1 Å². The first-order valence-electron chi connectivity index (χ1n) is 5.56. The second kappa shape index (κ2) is 6.48. The average molecular weight is 298 g/mol. The van der Waals surface area contributed by atoms with Gasteiger partial charge in [-0.25, -0.2) is 0 Å². The van der Waals surface area contributed by atoms with E-state index in [4.69, 9.17) is 23.2 Å². The van der Waals surface area contributed by atoms with E-state index in [0.717, 1.165) is 11.4 Å². The van der Waals surface area contributed by atoms with E-state index in [1.807, 2.05) is 37.4 Å². The quantitative estimate of drug-likeness (QED) is 0.864. The van der Waals surface area contributed by atoms with Crippen molar-refractivity contribution in [1.29, 1.82) is 0 Å². The minimum absolute atomic E-state index is 0.588. The Balaban J connectivity index is 2.25. The highest BCUT2D eigenvalue weighted by Crippen LogP contribution is 2.34. The van der Waals surface area contributed by atoms with E-state index in [1.54, 1.807) is 11.8 Å². The summed E-state index contributed by atoms with van der Waals surface area (Å²) in [6, 6.07) is 14.0. The number of rotatable bonds is 4. The topological polar surface area (TPSA) is 12.0 Å². The number of benzene rings is 2. The Morgan fingerprint density at radius 3 is 2.56 bits per heavy atom. The summed E-state index contributed by atoms with van der Waals surface area (Å²) in [6.45, 7) is 0.852. The monoisotopic (exact) mass is 297 g/mol. The third kappa shape index (κ3) is 3.42. The van der Waals surface area contributed by atoms with Crippen LogP contribution in [0.25, 0.3) is 0 Å². The Labute approximate surface area is 121 Å². The van der Waals surface area contributed by atoms with Crippen LogP contribution in [-0.4, -0.2) is 7.05 Å². The van der Waals surface area contributed by atoms with Crippen molar-refractivity contribution in [3.8, 4) is 0 Å². The van der Waals surface area contributed by atoms with E-state index in [9.17, 15) is 0 Å². The van der Waals surface area contributed by atoms with Gasteiger partial charge in [0.2, 0.25) is 0 Å². The molecule has 0 radical (unpaired) electrons. The van der Waals surface area contributed by atoms with Gasteiger partial charge in [-0.05, 0) is 36.9 Å². The Bertz CT molecular complexity index is 543. The lowest BCUT2D eigenvalue weighted by Gasteiger charge is -2.09. The second-order valence-corrected chi connectivity index (χ2v) is 5.75. The van der Waals surface area contributed by atoms with Crippen LogP contribution in [0.1, 0.15) is 5.56 Å². The van der Waals surface area contributed by atoms with E-state index < -0.39 is 0 Å². The Morgan fingerprint density at radius 1 is 1.06 bits per heavy atom. The fourth-order valence-corrected chi connectivity index (χ4v) is 2.95. The number of hydrogen-bond donors (Lipinski definition) is 1. The maximum atomic E-state index is 6.02. The molecule has 0 aliphatic rings. The number of halogens is 2. The normalized spacial score (nSPS) is 10.6. The minimum Gasteiger partial charge on any atom is -0.316 e. The van der Waals surface area contributed by atoms with Crippen molar-refractivity contribution in [1.82, 2.24) is 5.32 Å². The third-order valence-electron chi connectivity index (χ3n) is 2.46. The van der Waals surface area contributed by atoms with Gasteiger partial charge in [-0.2, -0.15) is 0 Å². The molecule has 1 N–H and O–H groups in total. The summed E-state index contributed by atoms with van der Waals surface area (Å²) in [6.07, 6.45) is 0. The van der Waals surface area contributed by atoms with Gasteiger partial charge in [0.15, 0.2) is 0 Å². The fraction of sp³-hybridized carbons (Fsp3) is 0.143. The SMILES string of the molecule is CNCc1ccccc1Sc1ccc(Cl)c(Cl)c1. The maximum absolute atomic E-state index is 6.02. The summed E-state index contributed by atoms with van der Waals surface area (Å²) in [5.74, 6) is 0. The molecule has 0 atom stereocenters. The van der Waals surface area contributed by atoms with Crippen molar-refractivity contribution in [3.63, 3.8) is 0 Å². The zero-order valence-electron chi connectivity index (χ0n) is 9.91. The molecule has 0 saturated heterocycles. The molecule has 2 aromatic carbocycles. The van der Waals surface area contributed by atoms with Crippen LogP contribution in [0, 0.1) is 0 Å². The van der Waals surface area contributed by atoms with E-state index in [0.29, 0.717) is 10.0 Å². The third-order valence-corrected chi connectivity index (χ3v) is 4.31. The lowest BCUT2D eigenvalue weighted by Crippen LogP contribution is -2.05. The summed E-state index contributed by atoms with van der Waals surface area (Å²) in [5.41, 5.74) is 1.27. The molecule has 94 valence electrons. The molecule has 4 heteroatoms. The maximum Gasteiger partial charge on any atom is 0.0603 e. The number of hydrogen-bond acceptors (Lipinski definition) is 2. The molecule has 2 aromatic rings. The zero-order chi connectivity index (χ0) is 13.0. The largest absolute Gasteiger partial charge is 0.316 e. The van der Waals surface area contributed by atoms with E-state index in [-0.39, 0.29) is 0 Å². The molecule has 0 amide bonds. The molecule has 0 aliphatic carbocycles.